The van der Waals surface area contributed by atoms with E-state index in [0.717, 1.165) is 18.9 Å². The molecule has 0 spiro atoms. The molecule has 1 saturated carbocycles. The van der Waals surface area contributed by atoms with Crippen molar-refractivity contribution in [1.82, 2.24) is 4.90 Å². The van der Waals surface area contributed by atoms with Crippen molar-refractivity contribution in [3.05, 3.63) is 0 Å². The highest BCUT2D eigenvalue weighted by Gasteiger charge is 2.31. The van der Waals surface area contributed by atoms with Gasteiger partial charge < -0.3 is 10.0 Å². The van der Waals surface area contributed by atoms with E-state index in [1.807, 2.05) is 6.92 Å². The minimum atomic E-state index is -0.410. The fourth-order valence-corrected chi connectivity index (χ4v) is 2.14. The number of β-amino-alcohol motifs (C(OH)–C–C–N with tert-alkyl or cyclic N) is 1. The molecular weight excluding hydrogens is 150 g/mol. The molecule has 1 aliphatic carbocycles. The molecule has 2 nitrogen and oxygen atoms in total. The maximum atomic E-state index is 9.84. The highest BCUT2D eigenvalue weighted by molar-refractivity contribution is 4.86. The second-order valence-corrected chi connectivity index (χ2v) is 4.78. The third-order valence-corrected chi connectivity index (χ3v) is 2.97. The first kappa shape index (κ1) is 8.52. The van der Waals surface area contributed by atoms with E-state index in [2.05, 4.69) is 4.90 Å². The van der Waals surface area contributed by atoms with Gasteiger partial charge >= 0.3 is 0 Å². The predicted molar refractivity (Wildman–Crippen MR) is 49.0 cm³/mol. The van der Waals surface area contributed by atoms with Crippen LogP contribution in [0.3, 0.4) is 0 Å². The first-order chi connectivity index (χ1) is 5.66. The van der Waals surface area contributed by atoms with E-state index < -0.39 is 5.60 Å². The zero-order chi connectivity index (χ0) is 8.60. The van der Waals surface area contributed by atoms with Crippen molar-refractivity contribution in [3.63, 3.8) is 0 Å². The Morgan fingerprint density at radius 2 is 2.25 bits per heavy atom. The molecule has 2 rings (SSSR count). The number of likely N-dealkylation sites (tertiary alicyclic amines) is 1. The minimum Gasteiger partial charge on any atom is -0.389 e. The SMILES string of the molecule is C[C@]1(O)CCCN(CC2CC2)C1. The van der Waals surface area contributed by atoms with E-state index in [-0.39, 0.29) is 0 Å². The van der Waals surface area contributed by atoms with Crippen molar-refractivity contribution in [2.75, 3.05) is 19.6 Å². The van der Waals surface area contributed by atoms with E-state index in [9.17, 15) is 5.11 Å². The van der Waals surface area contributed by atoms with E-state index in [4.69, 9.17) is 0 Å². The number of hydrogen-bond acceptors (Lipinski definition) is 2. The van der Waals surface area contributed by atoms with Gasteiger partial charge in [0, 0.05) is 13.1 Å². The summed E-state index contributed by atoms with van der Waals surface area (Å²) in [4.78, 5) is 2.43. The van der Waals surface area contributed by atoms with Gasteiger partial charge in [0.15, 0.2) is 0 Å². The second-order valence-electron chi connectivity index (χ2n) is 4.78. The van der Waals surface area contributed by atoms with Gasteiger partial charge in [-0.25, -0.2) is 0 Å². The van der Waals surface area contributed by atoms with Crippen LogP contribution in [-0.2, 0) is 0 Å². The Morgan fingerprint density at radius 1 is 1.50 bits per heavy atom. The molecule has 1 atom stereocenters. The van der Waals surface area contributed by atoms with Gasteiger partial charge in [-0.15, -0.1) is 0 Å². The summed E-state index contributed by atoms with van der Waals surface area (Å²) in [5.74, 6) is 0.957. The van der Waals surface area contributed by atoms with Gasteiger partial charge in [0.2, 0.25) is 0 Å². The average molecular weight is 169 g/mol. The first-order valence-corrected chi connectivity index (χ1v) is 5.10. The zero-order valence-electron chi connectivity index (χ0n) is 7.92. The van der Waals surface area contributed by atoms with Crippen LogP contribution in [0.5, 0.6) is 0 Å². The van der Waals surface area contributed by atoms with Crippen molar-refractivity contribution in [2.45, 2.75) is 38.2 Å². The Hall–Kier alpha value is -0.0800. The van der Waals surface area contributed by atoms with Crippen LogP contribution in [0.1, 0.15) is 32.6 Å². The van der Waals surface area contributed by atoms with Gasteiger partial charge in [-0.3, -0.25) is 0 Å². The Labute approximate surface area is 74.6 Å². The van der Waals surface area contributed by atoms with E-state index in [0.29, 0.717) is 0 Å². The van der Waals surface area contributed by atoms with Crippen molar-refractivity contribution in [2.24, 2.45) is 5.92 Å². The molecule has 12 heavy (non-hydrogen) atoms. The van der Waals surface area contributed by atoms with Gasteiger partial charge in [-0.1, -0.05) is 0 Å². The van der Waals surface area contributed by atoms with Gasteiger partial charge in [-0.05, 0) is 45.1 Å². The summed E-state index contributed by atoms with van der Waals surface area (Å²) in [6, 6.07) is 0. The highest BCUT2D eigenvalue weighted by Crippen LogP contribution is 2.31. The Morgan fingerprint density at radius 3 is 2.83 bits per heavy atom. The van der Waals surface area contributed by atoms with Crippen molar-refractivity contribution in [1.29, 1.82) is 0 Å². The van der Waals surface area contributed by atoms with Crippen LogP contribution in [0.2, 0.25) is 0 Å². The fourth-order valence-electron chi connectivity index (χ4n) is 2.14. The molecule has 1 N–H and O–H groups in total. The molecule has 0 aromatic rings. The summed E-state index contributed by atoms with van der Waals surface area (Å²) < 4.78 is 0. The van der Waals surface area contributed by atoms with Gasteiger partial charge in [0.25, 0.3) is 0 Å². The first-order valence-electron chi connectivity index (χ1n) is 5.10. The molecule has 0 aromatic heterocycles. The van der Waals surface area contributed by atoms with Crippen LogP contribution in [0, 0.1) is 5.92 Å². The largest absolute Gasteiger partial charge is 0.389 e. The van der Waals surface area contributed by atoms with Crippen LogP contribution in [0.4, 0.5) is 0 Å². The van der Waals surface area contributed by atoms with Gasteiger partial charge in [0.05, 0.1) is 5.60 Å². The van der Waals surface area contributed by atoms with Crippen LogP contribution < -0.4 is 0 Å². The summed E-state index contributed by atoms with van der Waals surface area (Å²) in [7, 11) is 0. The minimum absolute atomic E-state index is 0.410. The van der Waals surface area contributed by atoms with Crippen molar-refractivity contribution < 1.29 is 5.11 Å². The van der Waals surface area contributed by atoms with Crippen LogP contribution in [0.15, 0.2) is 0 Å². The molecule has 0 bridgehead atoms. The molecule has 2 fully saturated rings. The predicted octanol–water partition coefficient (Wildman–Crippen LogP) is 1.24. The number of hydrogen-bond donors (Lipinski definition) is 1. The summed E-state index contributed by atoms with van der Waals surface area (Å²) in [5.41, 5.74) is -0.410. The Balaban J connectivity index is 1.81. The maximum Gasteiger partial charge on any atom is 0.0746 e. The second kappa shape index (κ2) is 3.00. The lowest BCUT2D eigenvalue weighted by molar-refractivity contribution is -0.0167. The molecule has 1 heterocycles. The number of piperidine rings is 1. The van der Waals surface area contributed by atoms with Crippen molar-refractivity contribution in [3.8, 4) is 0 Å². The quantitative estimate of drug-likeness (QED) is 0.672. The zero-order valence-corrected chi connectivity index (χ0v) is 7.92. The summed E-state index contributed by atoms with van der Waals surface area (Å²) >= 11 is 0. The van der Waals surface area contributed by atoms with Crippen LogP contribution >= 0.6 is 0 Å². The number of nitrogens with zero attached hydrogens (tertiary/aromatic N) is 1. The average Bonchev–Trinajstić information content (AvgIpc) is 2.69. The third kappa shape index (κ3) is 2.20. The Bertz CT molecular complexity index is 163. The molecular formula is C10H19NO. The molecule has 2 aliphatic rings. The molecule has 70 valence electrons. The smallest absolute Gasteiger partial charge is 0.0746 e. The van der Waals surface area contributed by atoms with Gasteiger partial charge in [-0.2, -0.15) is 0 Å². The summed E-state index contributed by atoms with van der Waals surface area (Å²) in [6.07, 6.45) is 4.98. The number of aliphatic hydroxyl groups is 1. The lowest BCUT2D eigenvalue weighted by Gasteiger charge is -2.36. The molecule has 2 heteroatoms. The lowest BCUT2D eigenvalue weighted by Crippen LogP contribution is -2.46. The van der Waals surface area contributed by atoms with E-state index in [1.165, 1.54) is 32.4 Å². The Kier molecular flexibility index (Phi) is 2.13. The molecule has 1 aliphatic heterocycles. The standard InChI is InChI=1S/C10H19NO/c1-10(12)5-2-6-11(8-10)7-9-3-4-9/h9,12H,2-8H2,1H3/t10-/m0/s1. The monoisotopic (exact) mass is 169 g/mol. The highest BCUT2D eigenvalue weighted by atomic mass is 16.3. The lowest BCUT2D eigenvalue weighted by atomic mass is 9.95. The van der Waals surface area contributed by atoms with E-state index in [1.54, 1.807) is 0 Å². The topological polar surface area (TPSA) is 23.5 Å². The van der Waals surface area contributed by atoms with Crippen molar-refractivity contribution >= 4 is 0 Å². The molecule has 0 radical (unpaired) electrons. The van der Waals surface area contributed by atoms with Gasteiger partial charge in [0.1, 0.15) is 0 Å². The summed E-state index contributed by atoms with van der Waals surface area (Å²) in [5, 5.41) is 9.84. The van der Waals surface area contributed by atoms with E-state index >= 15 is 0 Å². The van der Waals surface area contributed by atoms with Crippen LogP contribution in [-0.4, -0.2) is 35.2 Å². The maximum absolute atomic E-state index is 9.84. The summed E-state index contributed by atoms with van der Waals surface area (Å²) in [6.45, 7) is 5.29. The number of rotatable bonds is 2. The van der Waals surface area contributed by atoms with Crippen LogP contribution in [0.25, 0.3) is 0 Å². The third-order valence-electron chi connectivity index (χ3n) is 2.97. The normalized spacial score (nSPS) is 38.5. The molecule has 1 saturated heterocycles. The fraction of sp³-hybridized carbons (Fsp3) is 1.00. The molecule has 0 aromatic carbocycles. The molecule has 0 unspecified atom stereocenters. The molecule has 0 amide bonds.